The van der Waals surface area contributed by atoms with Crippen LogP contribution in [0.4, 0.5) is 0 Å². The van der Waals surface area contributed by atoms with Crippen molar-refractivity contribution in [3.8, 4) is 11.5 Å². The Morgan fingerprint density at radius 3 is 2.42 bits per heavy atom. The number of ether oxygens (including phenoxy) is 2. The predicted molar refractivity (Wildman–Crippen MR) is 125 cm³/mol. The van der Waals surface area contributed by atoms with Crippen molar-refractivity contribution in [2.24, 2.45) is 0 Å². The van der Waals surface area contributed by atoms with Gasteiger partial charge in [-0.05, 0) is 80.4 Å². The summed E-state index contributed by atoms with van der Waals surface area (Å²) < 4.78 is 11.6. The molecule has 0 saturated carbocycles. The van der Waals surface area contributed by atoms with Gasteiger partial charge in [-0.15, -0.1) is 0 Å². The van der Waals surface area contributed by atoms with Gasteiger partial charge >= 0.3 is 0 Å². The van der Waals surface area contributed by atoms with Crippen LogP contribution in [0.3, 0.4) is 0 Å². The Morgan fingerprint density at radius 2 is 1.74 bits per heavy atom. The molecular formula is C25H25Cl2NO3. The Morgan fingerprint density at radius 1 is 1.00 bits per heavy atom. The van der Waals surface area contributed by atoms with Crippen LogP contribution in [0, 0.1) is 6.92 Å². The van der Waals surface area contributed by atoms with E-state index in [-0.39, 0.29) is 18.6 Å². The van der Waals surface area contributed by atoms with Crippen LogP contribution in [-0.4, -0.2) is 12.5 Å². The Labute approximate surface area is 193 Å². The van der Waals surface area contributed by atoms with E-state index in [0.29, 0.717) is 33.7 Å². The van der Waals surface area contributed by atoms with Gasteiger partial charge in [-0.1, -0.05) is 35.3 Å². The molecule has 0 aliphatic heterocycles. The summed E-state index contributed by atoms with van der Waals surface area (Å²) in [5.41, 5.74) is 3.25. The molecule has 4 nitrogen and oxygen atoms in total. The maximum atomic E-state index is 12.8. The quantitative estimate of drug-likeness (QED) is 0.405. The van der Waals surface area contributed by atoms with Crippen LogP contribution < -0.4 is 14.8 Å². The van der Waals surface area contributed by atoms with Crippen LogP contribution in [0.25, 0.3) is 0 Å². The van der Waals surface area contributed by atoms with E-state index in [0.717, 1.165) is 16.7 Å². The minimum Gasteiger partial charge on any atom is -0.493 e. The number of carbonyl (C=O) groups is 1. The van der Waals surface area contributed by atoms with Crippen molar-refractivity contribution < 1.29 is 14.3 Å². The number of hydrogen-bond acceptors (Lipinski definition) is 3. The highest BCUT2D eigenvalue weighted by Gasteiger charge is 2.15. The molecule has 31 heavy (non-hydrogen) atoms. The van der Waals surface area contributed by atoms with E-state index in [1.165, 1.54) is 0 Å². The number of hydrogen-bond donors (Lipinski definition) is 1. The van der Waals surface area contributed by atoms with Crippen molar-refractivity contribution in [1.82, 2.24) is 5.32 Å². The van der Waals surface area contributed by atoms with Crippen molar-refractivity contribution in [2.45, 2.75) is 33.4 Å². The van der Waals surface area contributed by atoms with E-state index in [4.69, 9.17) is 32.7 Å². The summed E-state index contributed by atoms with van der Waals surface area (Å²) in [5.74, 6) is 1.22. The van der Waals surface area contributed by atoms with Crippen LogP contribution in [0.15, 0.2) is 60.7 Å². The zero-order valence-electron chi connectivity index (χ0n) is 17.7. The summed E-state index contributed by atoms with van der Waals surface area (Å²) in [6.45, 7) is 6.56. The van der Waals surface area contributed by atoms with E-state index < -0.39 is 0 Å². The predicted octanol–water partition coefficient (Wildman–Crippen LogP) is 6.77. The number of halogens is 2. The smallest absolute Gasteiger partial charge is 0.251 e. The minimum absolute atomic E-state index is 0.159. The second kappa shape index (κ2) is 10.6. The van der Waals surface area contributed by atoms with Crippen LogP contribution in [0.1, 0.15) is 46.9 Å². The van der Waals surface area contributed by atoms with Gasteiger partial charge in [-0.2, -0.15) is 0 Å². The average molecular weight is 458 g/mol. The van der Waals surface area contributed by atoms with Crippen molar-refractivity contribution in [3.63, 3.8) is 0 Å². The molecule has 0 saturated heterocycles. The van der Waals surface area contributed by atoms with Crippen molar-refractivity contribution in [1.29, 1.82) is 0 Å². The second-order valence-corrected chi connectivity index (χ2v) is 8.05. The third-order valence-corrected chi connectivity index (χ3v) is 5.54. The maximum absolute atomic E-state index is 12.8. The largest absolute Gasteiger partial charge is 0.493 e. The van der Waals surface area contributed by atoms with Gasteiger partial charge in [0.25, 0.3) is 5.91 Å². The standard InChI is InChI=1S/C25H25Cl2NO3/c1-4-30-24-12-7-19(25(29)28-17(3)18-5-8-21(26)9-6-18)14-20(24)15-31-22-10-11-23(27)16(2)13-22/h5-14,17H,4,15H2,1-3H3,(H,28,29)/t17-/m0/s1. The molecule has 0 aliphatic rings. The van der Waals surface area contributed by atoms with Crippen LogP contribution in [-0.2, 0) is 6.61 Å². The summed E-state index contributed by atoms with van der Waals surface area (Å²) in [6, 6.07) is 18.1. The first kappa shape index (κ1) is 23.0. The molecule has 0 aliphatic carbocycles. The van der Waals surface area contributed by atoms with Crippen molar-refractivity contribution in [2.75, 3.05) is 6.61 Å². The lowest BCUT2D eigenvalue weighted by atomic mass is 10.1. The fourth-order valence-corrected chi connectivity index (χ4v) is 3.36. The maximum Gasteiger partial charge on any atom is 0.251 e. The molecule has 0 bridgehead atoms. The van der Waals surface area contributed by atoms with E-state index in [1.807, 2.05) is 57.2 Å². The van der Waals surface area contributed by atoms with Gasteiger partial charge in [0, 0.05) is 21.2 Å². The zero-order valence-corrected chi connectivity index (χ0v) is 19.3. The van der Waals surface area contributed by atoms with Gasteiger partial charge in [0.05, 0.1) is 12.6 Å². The number of nitrogens with one attached hydrogen (secondary N) is 1. The molecule has 1 amide bonds. The second-order valence-electron chi connectivity index (χ2n) is 7.20. The Bertz CT molecular complexity index is 1050. The lowest BCUT2D eigenvalue weighted by Crippen LogP contribution is -2.26. The highest BCUT2D eigenvalue weighted by Crippen LogP contribution is 2.26. The third kappa shape index (κ3) is 6.16. The van der Waals surface area contributed by atoms with Gasteiger partial charge in [0.1, 0.15) is 18.1 Å². The SMILES string of the molecule is CCOc1ccc(C(=O)N[C@@H](C)c2ccc(Cl)cc2)cc1COc1ccc(Cl)c(C)c1. The fraction of sp³-hybridized carbons (Fsp3) is 0.240. The molecule has 3 aromatic rings. The molecule has 0 aromatic heterocycles. The molecule has 0 fully saturated rings. The number of benzene rings is 3. The highest BCUT2D eigenvalue weighted by atomic mass is 35.5. The first-order valence-corrected chi connectivity index (χ1v) is 10.8. The first-order chi connectivity index (χ1) is 14.9. The van der Waals surface area contributed by atoms with E-state index in [9.17, 15) is 4.79 Å². The normalized spacial score (nSPS) is 11.6. The summed E-state index contributed by atoms with van der Waals surface area (Å²) >= 11 is 12.0. The zero-order chi connectivity index (χ0) is 22.4. The molecule has 1 atom stereocenters. The number of rotatable bonds is 8. The summed E-state index contributed by atoms with van der Waals surface area (Å²) in [4.78, 5) is 12.8. The Kier molecular flexibility index (Phi) is 7.83. The summed E-state index contributed by atoms with van der Waals surface area (Å²) in [5, 5.41) is 4.37. The van der Waals surface area contributed by atoms with Crippen molar-refractivity contribution in [3.05, 3.63) is 93.0 Å². The van der Waals surface area contributed by atoms with E-state index in [1.54, 1.807) is 24.3 Å². The number of carbonyl (C=O) groups excluding carboxylic acids is 1. The molecule has 3 aromatic carbocycles. The summed E-state index contributed by atoms with van der Waals surface area (Å²) in [7, 11) is 0. The molecule has 1 N–H and O–H groups in total. The van der Waals surface area contributed by atoms with E-state index >= 15 is 0 Å². The Balaban J connectivity index is 1.75. The average Bonchev–Trinajstić information content (AvgIpc) is 2.76. The van der Waals surface area contributed by atoms with Gasteiger partial charge in [0.15, 0.2) is 0 Å². The van der Waals surface area contributed by atoms with Gasteiger partial charge in [-0.25, -0.2) is 0 Å². The first-order valence-electron chi connectivity index (χ1n) is 10.1. The molecule has 0 radical (unpaired) electrons. The van der Waals surface area contributed by atoms with Gasteiger partial charge in [0.2, 0.25) is 0 Å². The molecule has 0 unspecified atom stereocenters. The fourth-order valence-electron chi connectivity index (χ4n) is 3.11. The van der Waals surface area contributed by atoms with Crippen LogP contribution >= 0.6 is 23.2 Å². The number of aryl methyl sites for hydroxylation is 1. The van der Waals surface area contributed by atoms with Gasteiger partial charge in [-0.3, -0.25) is 4.79 Å². The van der Waals surface area contributed by atoms with Gasteiger partial charge < -0.3 is 14.8 Å². The van der Waals surface area contributed by atoms with Crippen molar-refractivity contribution >= 4 is 29.1 Å². The number of amides is 1. The van der Waals surface area contributed by atoms with E-state index in [2.05, 4.69) is 5.32 Å². The monoisotopic (exact) mass is 457 g/mol. The Hall–Kier alpha value is -2.69. The molecular weight excluding hydrogens is 433 g/mol. The molecule has 162 valence electrons. The topological polar surface area (TPSA) is 47.6 Å². The molecule has 6 heteroatoms. The lowest BCUT2D eigenvalue weighted by molar-refractivity contribution is 0.0939. The molecule has 0 spiro atoms. The third-order valence-electron chi connectivity index (χ3n) is 4.86. The lowest BCUT2D eigenvalue weighted by Gasteiger charge is -2.16. The molecule has 0 heterocycles. The highest BCUT2D eigenvalue weighted by molar-refractivity contribution is 6.31. The van der Waals surface area contributed by atoms with Crippen LogP contribution in [0.5, 0.6) is 11.5 Å². The summed E-state index contributed by atoms with van der Waals surface area (Å²) in [6.07, 6.45) is 0. The minimum atomic E-state index is -0.172. The van der Waals surface area contributed by atoms with Crippen LogP contribution in [0.2, 0.25) is 10.0 Å². The molecule has 3 rings (SSSR count).